The van der Waals surface area contributed by atoms with Gasteiger partial charge in [-0.3, -0.25) is 9.59 Å². The van der Waals surface area contributed by atoms with Gasteiger partial charge in [0.05, 0.1) is 36.2 Å². The van der Waals surface area contributed by atoms with Crippen molar-refractivity contribution in [1.82, 2.24) is 30.4 Å². The largest absolute Gasteiger partial charge is 0.453 e. The Bertz CT molecular complexity index is 2200. The molecule has 13 nitrogen and oxygen atoms in total. The highest BCUT2D eigenvalue weighted by atomic mass is 35.5. The van der Waals surface area contributed by atoms with Crippen LogP contribution in [0.2, 0.25) is 10.2 Å². The molecule has 310 valence electrons. The van der Waals surface area contributed by atoms with Gasteiger partial charge in [-0.05, 0) is 73.1 Å². The summed E-state index contributed by atoms with van der Waals surface area (Å²) in [7, 11) is 2.56. The number of ether oxygens (including phenoxy) is 2. The third-order valence-electron chi connectivity index (χ3n) is 11.6. The predicted octanol–water partition coefficient (Wildman–Crippen LogP) is 8.38. The minimum absolute atomic E-state index is 0.137. The Morgan fingerprint density at radius 2 is 1.47 bits per heavy atom. The number of allylic oxidation sites excluding steroid dienone is 1. The van der Waals surface area contributed by atoms with Crippen molar-refractivity contribution in [3.63, 3.8) is 0 Å². The summed E-state index contributed by atoms with van der Waals surface area (Å²) in [5.74, 6) is -0.0285. The van der Waals surface area contributed by atoms with Crippen LogP contribution >= 0.6 is 46.1 Å². The summed E-state index contributed by atoms with van der Waals surface area (Å²) in [6.07, 6.45) is 3.76. The second-order valence-corrected chi connectivity index (χ2v) is 18.0. The highest BCUT2D eigenvalue weighted by Crippen LogP contribution is 2.50. The zero-order valence-corrected chi connectivity index (χ0v) is 36.4. The maximum Gasteiger partial charge on any atom is 0.407 e. The number of amides is 4. The van der Waals surface area contributed by atoms with E-state index in [4.69, 9.17) is 54.3 Å². The number of halogens is 3. The number of rotatable bonds is 10. The van der Waals surface area contributed by atoms with Crippen LogP contribution in [0.4, 0.5) is 9.59 Å². The molecule has 2 fully saturated rings. The average molecular weight is 873 g/mol. The normalized spacial score (nSPS) is 19.9. The Kier molecular flexibility index (Phi) is 12.5. The first-order valence-electron chi connectivity index (χ1n) is 19.7. The number of aromatic nitrogens is 2. The van der Waals surface area contributed by atoms with Crippen LogP contribution in [0.25, 0.3) is 27.3 Å². The second kappa shape index (κ2) is 17.2. The van der Waals surface area contributed by atoms with Gasteiger partial charge >= 0.3 is 12.2 Å². The lowest BCUT2D eigenvalue weighted by Crippen LogP contribution is -2.53. The SMILES string of the molecule is COC(=O)N[C@H](C(=O)N1CCC[C@H]1C1=NC(Cl)=C(c2sc3c(c2Cl)CCc2cc(-c4nc([C@@H]5CCCN5C(=O)[C@@H](NC(=O)OC)C(C)C)[nH]c4Cl)ccc2-3)C1)C(C)C. The van der Waals surface area contributed by atoms with Crippen molar-refractivity contribution in [2.45, 2.75) is 96.8 Å². The van der Waals surface area contributed by atoms with E-state index in [2.05, 4.69) is 27.8 Å². The number of hydrogen-bond acceptors (Lipinski definition) is 9. The lowest BCUT2D eigenvalue weighted by atomic mass is 9.89. The molecular weight excluding hydrogens is 825 g/mol. The Labute approximate surface area is 356 Å². The molecule has 2 aromatic heterocycles. The van der Waals surface area contributed by atoms with E-state index in [1.165, 1.54) is 14.2 Å². The maximum atomic E-state index is 13.7. The topological polar surface area (TPSA) is 158 Å². The van der Waals surface area contributed by atoms with Crippen LogP contribution in [-0.2, 0) is 31.9 Å². The number of H-pyrrole nitrogens is 1. The summed E-state index contributed by atoms with van der Waals surface area (Å²) in [6, 6.07) is 4.20. The van der Waals surface area contributed by atoms with Crippen molar-refractivity contribution in [1.29, 1.82) is 0 Å². The smallest absolute Gasteiger partial charge is 0.407 e. The molecule has 5 heterocycles. The number of alkyl carbamates (subject to hydrolysis) is 2. The van der Waals surface area contributed by atoms with Crippen LogP contribution in [0, 0.1) is 11.8 Å². The molecule has 1 aliphatic carbocycles. The van der Waals surface area contributed by atoms with E-state index in [-0.39, 0.29) is 35.7 Å². The molecule has 0 bridgehead atoms. The summed E-state index contributed by atoms with van der Waals surface area (Å²) in [5.41, 5.74) is 6.44. The number of likely N-dealkylation sites (tertiary alicyclic amines) is 2. The van der Waals surface area contributed by atoms with E-state index in [0.717, 1.165) is 75.4 Å². The summed E-state index contributed by atoms with van der Waals surface area (Å²) in [6.45, 7) is 8.65. The number of carbonyl (C=O) groups is 4. The average Bonchev–Trinajstić information content (AvgIpc) is 4.05. The van der Waals surface area contributed by atoms with Crippen molar-refractivity contribution in [2.75, 3.05) is 27.3 Å². The highest BCUT2D eigenvalue weighted by Gasteiger charge is 2.41. The van der Waals surface area contributed by atoms with Crippen molar-refractivity contribution in [3.05, 3.63) is 55.4 Å². The van der Waals surface area contributed by atoms with Crippen LogP contribution in [0.15, 0.2) is 28.3 Å². The Morgan fingerprint density at radius 1 is 0.862 bits per heavy atom. The maximum absolute atomic E-state index is 13.7. The fraction of sp³-hybridized carbons (Fsp3) is 0.512. The van der Waals surface area contributed by atoms with Crippen LogP contribution in [0.3, 0.4) is 0 Å². The number of aromatic amines is 1. The summed E-state index contributed by atoms with van der Waals surface area (Å²) >= 11 is 22.5. The van der Waals surface area contributed by atoms with Gasteiger partial charge < -0.3 is 34.9 Å². The first kappa shape index (κ1) is 42.0. The third-order valence-corrected chi connectivity index (χ3v) is 14.0. The van der Waals surface area contributed by atoms with E-state index in [1.54, 1.807) is 16.2 Å². The summed E-state index contributed by atoms with van der Waals surface area (Å²) in [4.78, 5) is 70.1. The van der Waals surface area contributed by atoms with E-state index < -0.39 is 24.3 Å². The minimum atomic E-state index is -0.737. The molecule has 0 radical (unpaired) electrons. The fourth-order valence-corrected chi connectivity index (χ4v) is 10.9. The highest BCUT2D eigenvalue weighted by molar-refractivity contribution is 7.17. The van der Waals surface area contributed by atoms with Gasteiger partial charge in [0.2, 0.25) is 11.8 Å². The molecule has 2 saturated heterocycles. The molecule has 0 spiro atoms. The molecule has 0 saturated carbocycles. The van der Waals surface area contributed by atoms with E-state index in [0.29, 0.717) is 52.8 Å². The molecule has 3 aliphatic heterocycles. The number of aliphatic imine (C=N–C) groups is 1. The number of nitrogens with zero attached hydrogens (tertiary/aromatic N) is 4. The number of imidazole rings is 1. The molecule has 3 N–H and O–H groups in total. The number of thiophene rings is 1. The predicted molar refractivity (Wildman–Crippen MR) is 226 cm³/mol. The summed E-state index contributed by atoms with van der Waals surface area (Å²) in [5, 5.41) is 6.84. The number of methoxy groups -OCH3 is 2. The van der Waals surface area contributed by atoms with Crippen molar-refractivity contribution in [3.8, 4) is 21.7 Å². The van der Waals surface area contributed by atoms with Crippen LogP contribution in [-0.4, -0.2) is 94.9 Å². The van der Waals surface area contributed by atoms with Gasteiger partial charge in [-0.25, -0.2) is 19.6 Å². The lowest BCUT2D eigenvalue weighted by molar-refractivity contribution is -0.135. The van der Waals surface area contributed by atoms with Gasteiger partial charge in [-0.15, -0.1) is 11.3 Å². The van der Waals surface area contributed by atoms with Crippen molar-refractivity contribution in [2.24, 2.45) is 16.8 Å². The van der Waals surface area contributed by atoms with E-state index >= 15 is 0 Å². The Balaban J connectivity index is 1.09. The van der Waals surface area contributed by atoms with Crippen LogP contribution in [0.1, 0.15) is 87.7 Å². The van der Waals surface area contributed by atoms with Crippen LogP contribution in [0.5, 0.6) is 0 Å². The zero-order chi connectivity index (χ0) is 41.6. The number of fused-ring (bicyclic) bond motifs is 3. The number of benzene rings is 1. The zero-order valence-electron chi connectivity index (χ0n) is 33.3. The van der Waals surface area contributed by atoms with Gasteiger partial charge in [0, 0.05) is 41.2 Å². The molecular formula is C41H48Cl3N7O6S. The number of hydrogen-bond donors (Lipinski definition) is 3. The molecule has 4 atom stereocenters. The fourth-order valence-electron chi connectivity index (χ4n) is 8.53. The summed E-state index contributed by atoms with van der Waals surface area (Å²) < 4.78 is 9.56. The molecule has 3 aromatic rings. The monoisotopic (exact) mass is 871 g/mol. The quantitative estimate of drug-likeness (QED) is 0.173. The van der Waals surface area contributed by atoms with Gasteiger partial charge in [0.15, 0.2) is 0 Å². The van der Waals surface area contributed by atoms with Crippen LogP contribution < -0.4 is 10.6 Å². The molecule has 17 heteroatoms. The molecule has 4 amide bonds. The Hall–Kier alpha value is -4.11. The number of nitrogens with one attached hydrogen (secondary N) is 3. The van der Waals surface area contributed by atoms with Gasteiger partial charge in [0.25, 0.3) is 0 Å². The van der Waals surface area contributed by atoms with E-state index in [9.17, 15) is 19.2 Å². The lowest BCUT2D eigenvalue weighted by Gasteiger charge is -2.31. The van der Waals surface area contributed by atoms with E-state index in [1.807, 2.05) is 38.7 Å². The third kappa shape index (κ3) is 7.97. The van der Waals surface area contributed by atoms with Gasteiger partial charge in [0.1, 0.15) is 33.9 Å². The molecule has 1 aromatic carbocycles. The molecule has 58 heavy (non-hydrogen) atoms. The molecule has 4 aliphatic rings. The second-order valence-electron chi connectivity index (χ2n) is 15.9. The number of carbonyl (C=O) groups excluding carboxylic acids is 4. The standard InChI is InChI=1S/C41H48Cl3N7O6S/c1-19(2)30(47-40(54)56-5)38(52)50-15-7-9-27(50)26-18-25(35(43)45-26)34-29(42)24-14-11-21-17-22(12-13-23(21)33(24)58-34)32-36(44)49-37(46-32)28-10-8-16-51(28)39(53)31(20(3)4)48-41(55)57-6/h12-13,17,19-20,27-28,30-31H,7-11,14-16,18H2,1-6H3,(H,46,49)(H,47,54)(H,48,55)/t27-,28-,30-,31-/m0/s1. The Morgan fingerprint density at radius 3 is 2.07 bits per heavy atom. The van der Waals surface area contributed by atoms with Gasteiger partial charge in [-0.1, -0.05) is 74.6 Å². The van der Waals surface area contributed by atoms with Gasteiger partial charge in [-0.2, -0.15) is 0 Å². The molecule has 0 unspecified atom stereocenters. The molecule has 7 rings (SSSR count). The first-order chi connectivity index (χ1) is 27.7. The number of aryl methyl sites for hydroxylation is 1. The first-order valence-corrected chi connectivity index (χ1v) is 21.6. The van der Waals surface area contributed by atoms with Crippen molar-refractivity contribution >= 4 is 81.4 Å². The van der Waals surface area contributed by atoms with Crippen molar-refractivity contribution < 1.29 is 28.7 Å². The minimum Gasteiger partial charge on any atom is -0.453 e.